The Bertz CT molecular complexity index is 758. The van der Waals surface area contributed by atoms with Crippen molar-refractivity contribution in [1.29, 1.82) is 0 Å². The number of carbonyl (C=O) groups excluding carboxylic acids is 1. The van der Waals surface area contributed by atoms with Gasteiger partial charge in [0.05, 0.1) is 23.0 Å². The zero-order valence-corrected chi connectivity index (χ0v) is 14.4. The highest BCUT2D eigenvalue weighted by atomic mass is 32.2. The van der Waals surface area contributed by atoms with Crippen LogP contribution in [0, 0.1) is 0 Å². The van der Waals surface area contributed by atoms with Crippen LogP contribution in [-0.2, 0) is 21.4 Å². The summed E-state index contributed by atoms with van der Waals surface area (Å²) in [6, 6.07) is 9.50. The van der Waals surface area contributed by atoms with Gasteiger partial charge in [-0.15, -0.1) is 0 Å². The Morgan fingerprint density at radius 3 is 2.74 bits per heavy atom. The Hall–Kier alpha value is -1.77. The molecule has 0 radical (unpaired) electrons. The van der Waals surface area contributed by atoms with E-state index in [2.05, 4.69) is 10.0 Å². The molecule has 1 amide bonds. The third-order valence-electron chi connectivity index (χ3n) is 3.15. The van der Waals surface area contributed by atoms with Crippen molar-refractivity contribution in [2.45, 2.75) is 23.6 Å². The first-order valence-electron chi connectivity index (χ1n) is 6.88. The topological polar surface area (TPSA) is 88.4 Å². The summed E-state index contributed by atoms with van der Waals surface area (Å²) in [7, 11) is -3.69. The summed E-state index contributed by atoms with van der Waals surface area (Å²) in [5, 5.41) is 2.49. The number of amides is 1. The molecule has 0 saturated heterocycles. The molecule has 2 N–H and O–H groups in total. The van der Waals surface area contributed by atoms with Crippen LogP contribution >= 0.6 is 11.8 Å². The predicted octanol–water partition coefficient (Wildman–Crippen LogP) is 2.45. The third kappa shape index (κ3) is 4.85. The van der Waals surface area contributed by atoms with Crippen molar-refractivity contribution in [2.75, 3.05) is 11.6 Å². The maximum absolute atomic E-state index is 12.3. The van der Waals surface area contributed by atoms with Gasteiger partial charge < -0.3 is 9.73 Å². The molecule has 0 aliphatic carbocycles. The molecule has 0 aliphatic rings. The van der Waals surface area contributed by atoms with Crippen LogP contribution in [0.3, 0.4) is 0 Å². The highest BCUT2D eigenvalue weighted by Gasteiger charge is 2.16. The van der Waals surface area contributed by atoms with Crippen molar-refractivity contribution in [3.63, 3.8) is 0 Å². The van der Waals surface area contributed by atoms with Gasteiger partial charge >= 0.3 is 0 Å². The highest BCUT2D eigenvalue weighted by molar-refractivity contribution is 7.99. The van der Waals surface area contributed by atoms with Crippen LogP contribution in [0.2, 0.25) is 0 Å². The van der Waals surface area contributed by atoms with Gasteiger partial charge in [0.25, 0.3) is 0 Å². The van der Waals surface area contributed by atoms with E-state index >= 15 is 0 Å². The van der Waals surface area contributed by atoms with Crippen molar-refractivity contribution in [3.8, 4) is 0 Å². The van der Waals surface area contributed by atoms with Gasteiger partial charge in [0.1, 0.15) is 5.76 Å². The molecule has 124 valence electrons. The van der Waals surface area contributed by atoms with Crippen LogP contribution in [0.15, 0.2) is 52.0 Å². The monoisotopic (exact) mass is 354 g/mol. The smallest absolute Gasteiger partial charge is 0.241 e. The number of anilines is 1. The first-order valence-corrected chi connectivity index (χ1v) is 9.65. The van der Waals surface area contributed by atoms with Crippen molar-refractivity contribution < 1.29 is 17.6 Å². The number of furan rings is 1. The number of rotatable bonds is 7. The van der Waals surface area contributed by atoms with Gasteiger partial charge in [-0.2, -0.15) is 11.8 Å². The summed E-state index contributed by atoms with van der Waals surface area (Å²) in [6.45, 7) is 1.85. The average Bonchev–Trinajstić information content (AvgIpc) is 3.06. The quantitative estimate of drug-likeness (QED) is 0.797. The molecule has 2 rings (SSSR count). The van der Waals surface area contributed by atoms with E-state index in [1.54, 1.807) is 31.2 Å². The van der Waals surface area contributed by atoms with Crippen LogP contribution in [-0.4, -0.2) is 25.8 Å². The molecule has 1 aromatic heterocycles. The fraction of sp³-hybridized carbons (Fsp3) is 0.267. The molecule has 0 spiro atoms. The lowest BCUT2D eigenvalue weighted by atomic mass is 10.3. The van der Waals surface area contributed by atoms with Crippen LogP contribution in [0.4, 0.5) is 5.69 Å². The minimum atomic E-state index is -3.69. The van der Waals surface area contributed by atoms with E-state index in [4.69, 9.17) is 4.42 Å². The Labute approximate surface area is 139 Å². The molecular formula is C15H18N2O4S2. The molecule has 1 heterocycles. The van der Waals surface area contributed by atoms with E-state index in [-0.39, 0.29) is 22.6 Å². The van der Waals surface area contributed by atoms with Crippen molar-refractivity contribution in [2.24, 2.45) is 0 Å². The maximum Gasteiger partial charge on any atom is 0.241 e. The summed E-state index contributed by atoms with van der Waals surface area (Å²) >= 11 is 1.42. The molecule has 0 saturated carbocycles. The second kappa shape index (κ2) is 7.67. The van der Waals surface area contributed by atoms with E-state index in [0.717, 1.165) is 0 Å². The van der Waals surface area contributed by atoms with Gasteiger partial charge in [-0.25, -0.2) is 13.1 Å². The number of thioether (sulfide) groups is 1. The molecule has 1 atom stereocenters. The number of sulfonamides is 1. The second-order valence-corrected chi connectivity index (χ2v) is 7.74. The first kappa shape index (κ1) is 17.6. The van der Waals surface area contributed by atoms with Gasteiger partial charge in [0, 0.05) is 5.69 Å². The summed E-state index contributed by atoms with van der Waals surface area (Å²) in [4.78, 5) is 12.0. The number of benzene rings is 1. The van der Waals surface area contributed by atoms with Crippen LogP contribution in [0.25, 0.3) is 0 Å². The Morgan fingerprint density at radius 2 is 2.09 bits per heavy atom. The number of nitrogens with one attached hydrogen (secondary N) is 2. The summed E-state index contributed by atoms with van der Waals surface area (Å²) in [5.41, 5.74) is 0.441. The lowest BCUT2D eigenvalue weighted by molar-refractivity contribution is -0.115. The largest absolute Gasteiger partial charge is 0.468 e. The van der Waals surface area contributed by atoms with E-state index in [1.165, 1.54) is 30.2 Å². The first-order chi connectivity index (χ1) is 10.9. The van der Waals surface area contributed by atoms with Gasteiger partial charge in [-0.05, 0) is 43.5 Å². The molecule has 2 aromatic rings. The zero-order valence-electron chi connectivity index (χ0n) is 12.8. The Kier molecular flexibility index (Phi) is 5.86. The number of carbonyl (C=O) groups is 1. The predicted molar refractivity (Wildman–Crippen MR) is 90.8 cm³/mol. The number of hydrogen-bond acceptors (Lipinski definition) is 5. The Balaban J connectivity index is 2.10. The maximum atomic E-state index is 12.3. The lowest BCUT2D eigenvalue weighted by Gasteiger charge is -2.11. The summed E-state index contributed by atoms with van der Waals surface area (Å²) < 4.78 is 32.1. The lowest BCUT2D eigenvalue weighted by Crippen LogP contribution is -2.24. The fourth-order valence-electron chi connectivity index (χ4n) is 1.75. The van der Waals surface area contributed by atoms with E-state index < -0.39 is 10.0 Å². The van der Waals surface area contributed by atoms with E-state index in [1.807, 2.05) is 6.26 Å². The molecule has 0 aliphatic heterocycles. The minimum Gasteiger partial charge on any atom is -0.468 e. The van der Waals surface area contributed by atoms with Crippen molar-refractivity contribution in [3.05, 3.63) is 48.4 Å². The van der Waals surface area contributed by atoms with Gasteiger partial charge in [0.15, 0.2) is 0 Å². The highest BCUT2D eigenvalue weighted by Crippen LogP contribution is 2.17. The average molecular weight is 354 g/mol. The second-order valence-electron chi connectivity index (χ2n) is 4.80. The Morgan fingerprint density at radius 1 is 1.30 bits per heavy atom. The molecule has 0 unspecified atom stereocenters. The van der Waals surface area contributed by atoms with Crippen LogP contribution in [0.5, 0.6) is 0 Å². The van der Waals surface area contributed by atoms with Crippen molar-refractivity contribution >= 4 is 33.4 Å². The SMILES string of the molecule is CS[C@@H](C)C(=O)Nc1cccc(S(=O)(=O)NCc2ccco2)c1. The summed E-state index contributed by atoms with van der Waals surface area (Å²) in [5.74, 6) is 0.349. The molecular weight excluding hydrogens is 336 g/mol. The zero-order chi connectivity index (χ0) is 16.9. The standard InChI is InChI=1S/C15H18N2O4S2/c1-11(22-2)15(18)17-12-5-3-7-14(9-12)23(19,20)16-10-13-6-4-8-21-13/h3-9,11,16H,10H2,1-2H3,(H,17,18)/t11-/m0/s1. The molecule has 0 bridgehead atoms. The normalized spacial score (nSPS) is 12.8. The van der Waals surface area contributed by atoms with Crippen molar-refractivity contribution in [1.82, 2.24) is 4.72 Å². The van der Waals surface area contributed by atoms with E-state index in [9.17, 15) is 13.2 Å². The minimum absolute atomic E-state index is 0.0649. The van der Waals surface area contributed by atoms with Gasteiger partial charge in [-0.1, -0.05) is 6.07 Å². The van der Waals surface area contributed by atoms with E-state index in [0.29, 0.717) is 11.4 Å². The number of hydrogen-bond donors (Lipinski definition) is 2. The molecule has 1 aromatic carbocycles. The fourth-order valence-corrected chi connectivity index (χ4v) is 3.07. The van der Waals surface area contributed by atoms with Gasteiger partial charge in [-0.3, -0.25) is 4.79 Å². The molecule has 8 heteroatoms. The third-order valence-corrected chi connectivity index (χ3v) is 5.47. The molecule has 6 nitrogen and oxygen atoms in total. The van der Waals surface area contributed by atoms with Gasteiger partial charge in [0.2, 0.25) is 15.9 Å². The molecule has 23 heavy (non-hydrogen) atoms. The summed E-state index contributed by atoms with van der Waals surface area (Å²) in [6.07, 6.45) is 3.32. The molecule has 0 fully saturated rings. The van der Waals surface area contributed by atoms with Crippen LogP contribution < -0.4 is 10.0 Å². The van der Waals surface area contributed by atoms with Crippen LogP contribution in [0.1, 0.15) is 12.7 Å².